The number of H-pyrrole nitrogens is 1. The third-order valence-electron chi connectivity index (χ3n) is 3.17. The van der Waals surface area contributed by atoms with Crippen molar-refractivity contribution < 1.29 is 18.3 Å². The van der Waals surface area contributed by atoms with Gasteiger partial charge in [0.2, 0.25) is 0 Å². The zero-order valence-electron chi connectivity index (χ0n) is 11.7. The maximum absolute atomic E-state index is 11.8. The summed E-state index contributed by atoms with van der Waals surface area (Å²) < 4.78 is 26.7. The first-order valence-corrected chi connectivity index (χ1v) is 7.73. The Kier molecular flexibility index (Phi) is 4.31. The summed E-state index contributed by atoms with van der Waals surface area (Å²) in [7, 11) is -1.13. The number of aliphatic carboxylic acids is 1. The van der Waals surface area contributed by atoms with Crippen LogP contribution in [-0.2, 0) is 21.4 Å². The number of fused-ring (bicyclic) bond motifs is 1. The van der Waals surface area contributed by atoms with Gasteiger partial charge < -0.3 is 10.1 Å². The van der Waals surface area contributed by atoms with Crippen LogP contribution in [0.1, 0.15) is 5.56 Å². The van der Waals surface area contributed by atoms with Gasteiger partial charge in [-0.15, -0.1) is 0 Å². The Bertz CT molecular complexity index is 752. The highest BCUT2D eigenvalue weighted by Crippen LogP contribution is 2.19. The molecular formula is C13H17N3O4S. The van der Waals surface area contributed by atoms with Gasteiger partial charge in [-0.1, -0.05) is 18.2 Å². The summed E-state index contributed by atoms with van der Waals surface area (Å²) in [5, 5.41) is 10.1. The topological polar surface area (TPSA) is 103 Å². The van der Waals surface area contributed by atoms with E-state index in [2.05, 4.69) is 9.71 Å². The number of para-hydroxylation sites is 1. The van der Waals surface area contributed by atoms with Gasteiger partial charge in [-0.05, 0) is 11.6 Å². The van der Waals surface area contributed by atoms with Crippen molar-refractivity contribution in [3.8, 4) is 0 Å². The maximum Gasteiger partial charge on any atom is 0.322 e. The van der Waals surface area contributed by atoms with E-state index in [1.807, 2.05) is 24.3 Å². The van der Waals surface area contributed by atoms with Crippen LogP contribution in [-0.4, -0.2) is 48.9 Å². The molecule has 0 spiro atoms. The molecule has 114 valence electrons. The molecule has 7 nitrogen and oxygen atoms in total. The van der Waals surface area contributed by atoms with Crippen molar-refractivity contribution in [3.05, 3.63) is 36.0 Å². The van der Waals surface area contributed by atoms with E-state index >= 15 is 0 Å². The van der Waals surface area contributed by atoms with Gasteiger partial charge in [0.15, 0.2) is 0 Å². The third kappa shape index (κ3) is 3.41. The molecule has 1 heterocycles. The van der Waals surface area contributed by atoms with Crippen LogP contribution in [0.4, 0.5) is 0 Å². The predicted octanol–water partition coefficient (Wildman–Crippen LogP) is 0.560. The summed E-state index contributed by atoms with van der Waals surface area (Å²) >= 11 is 0. The first kappa shape index (κ1) is 15.5. The standard InChI is InChI=1S/C13H17N3O4S/c1-16(2)21(19,20)15-12(13(17)18)7-9-8-14-11-6-4-3-5-10(9)11/h3-6,8,12,14-15H,7H2,1-2H3,(H,17,18)/t12-/m0/s1. The molecule has 0 fully saturated rings. The minimum Gasteiger partial charge on any atom is -0.480 e. The molecule has 0 bridgehead atoms. The van der Waals surface area contributed by atoms with Crippen molar-refractivity contribution in [3.63, 3.8) is 0 Å². The molecule has 2 rings (SSSR count). The van der Waals surface area contributed by atoms with Gasteiger partial charge in [0.05, 0.1) is 0 Å². The minimum absolute atomic E-state index is 0.0619. The van der Waals surface area contributed by atoms with Crippen molar-refractivity contribution in [1.29, 1.82) is 0 Å². The lowest BCUT2D eigenvalue weighted by molar-refractivity contribution is -0.138. The highest BCUT2D eigenvalue weighted by atomic mass is 32.2. The van der Waals surface area contributed by atoms with Gasteiger partial charge >= 0.3 is 5.97 Å². The summed E-state index contributed by atoms with van der Waals surface area (Å²) in [5.41, 5.74) is 1.63. The lowest BCUT2D eigenvalue weighted by Crippen LogP contribution is -2.47. The van der Waals surface area contributed by atoms with Crippen LogP contribution >= 0.6 is 0 Å². The zero-order valence-corrected chi connectivity index (χ0v) is 12.5. The quantitative estimate of drug-likeness (QED) is 0.725. The molecule has 8 heteroatoms. The Balaban J connectivity index is 2.27. The molecule has 1 aromatic carbocycles. The summed E-state index contributed by atoms with van der Waals surface area (Å²) in [4.78, 5) is 14.3. The number of hydrogen-bond donors (Lipinski definition) is 3. The molecule has 1 atom stereocenters. The lowest BCUT2D eigenvalue weighted by atomic mass is 10.1. The van der Waals surface area contributed by atoms with Gasteiger partial charge in [-0.25, -0.2) is 0 Å². The van der Waals surface area contributed by atoms with Crippen LogP contribution in [0.15, 0.2) is 30.5 Å². The number of nitrogens with zero attached hydrogens (tertiary/aromatic N) is 1. The second-order valence-electron chi connectivity index (χ2n) is 4.86. The molecule has 0 amide bonds. The number of nitrogens with one attached hydrogen (secondary N) is 2. The Labute approximate surface area is 122 Å². The van der Waals surface area contributed by atoms with E-state index in [9.17, 15) is 18.3 Å². The van der Waals surface area contributed by atoms with E-state index in [1.54, 1.807) is 6.20 Å². The van der Waals surface area contributed by atoms with Crippen molar-refractivity contribution >= 4 is 27.1 Å². The first-order valence-electron chi connectivity index (χ1n) is 6.29. The van der Waals surface area contributed by atoms with Crippen molar-refractivity contribution in [2.45, 2.75) is 12.5 Å². The molecular weight excluding hydrogens is 294 g/mol. The summed E-state index contributed by atoms with van der Waals surface area (Å²) in [6, 6.07) is 6.22. The second-order valence-corrected chi connectivity index (χ2v) is 6.78. The summed E-state index contributed by atoms with van der Waals surface area (Å²) in [6.45, 7) is 0. The Morgan fingerprint density at radius 1 is 1.38 bits per heavy atom. The van der Waals surface area contributed by atoms with Gasteiger partial charge in [0, 0.05) is 37.6 Å². The molecule has 0 radical (unpaired) electrons. The van der Waals surface area contributed by atoms with E-state index < -0.39 is 22.2 Å². The van der Waals surface area contributed by atoms with E-state index in [0.29, 0.717) is 0 Å². The molecule has 1 aromatic heterocycles. The molecule has 2 aromatic rings. The summed E-state index contributed by atoms with van der Waals surface area (Å²) in [6.07, 6.45) is 1.76. The number of aromatic amines is 1. The molecule has 0 aliphatic carbocycles. The fourth-order valence-corrected chi connectivity index (χ4v) is 2.74. The fraction of sp³-hybridized carbons (Fsp3) is 0.308. The Hall–Kier alpha value is -1.90. The smallest absolute Gasteiger partial charge is 0.322 e. The van der Waals surface area contributed by atoms with Crippen LogP contribution in [0.3, 0.4) is 0 Å². The number of carboxylic acids is 1. The maximum atomic E-state index is 11.8. The Morgan fingerprint density at radius 3 is 2.67 bits per heavy atom. The van der Waals surface area contributed by atoms with Gasteiger partial charge in [-0.2, -0.15) is 17.4 Å². The van der Waals surface area contributed by atoms with Crippen LogP contribution in [0.25, 0.3) is 10.9 Å². The van der Waals surface area contributed by atoms with E-state index in [4.69, 9.17) is 0 Å². The first-order chi connectivity index (χ1) is 9.81. The van der Waals surface area contributed by atoms with E-state index in [-0.39, 0.29) is 6.42 Å². The number of hydrogen-bond acceptors (Lipinski definition) is 3. The summed E-state index contributed by atoms with van der Waals surface area (Å²) in [5.74, 6) is -1.22. The van der Waals surface area contributed by atoms with Gasteiger partial charge in [0.1, 0.15) is 6.04 Å². The van der Waals surface area contributed by atoms with Crippen molar-refractivity contribution in [1.82, 2.24) is 14.0 Å². The van der Waals surface area contributed by atoms with E-state index in [1.165, 1.54) is 14.1 Å². The van der Waals surface area contributed by atoms with Gasteiger partial charge in [0.25, 0.3) is 10.2 Å². The normalized spacial score (nSPS) is 13.7. The molecule has 0 saturated heterocycles. The monoisotopic (exact) mass is 311 g/mol. The second kappa shape index (κ2) is 5.84. The molecule has 0 aliphatic heterocycles. The van der Waals surface area contributed by atoms with Crippen LogP contribution < -0.4 is 4.72 Å². The highest BCUT2D eigenvalue weighted by Gasteiger charge is 2.26. The zero-order chi connectivity index (χ0) is 15.6. The number of rotatable bonds is 6. The van der Waals surface area contributed by atoms with Crippen molar-refractivity contribution in [2.24, 2.45) is 0 Å². The molecule has 0 aliphatic rings. The number of carbonyl (C=O) groups is 1. The Morgan fingerprint density at radius 2 is 2.05 bits per heavy atom. The van der Waals surface area contributed by atoms with Crippen molar-refractivity contribution in [2.75, 3.05) is 14.1 Å². The SMILES string of the molecule is CN(C)S(=O)(=O)N[C@@H](Cc1c[nH]c2ccccc12)C(=O)O. The van der Waals surface area contributed by atoms with Crippen LogP contribution in [0.2, 0.25) is 0 Å². The molecule has 0 unspecified atom stereocenters. The molecule has 0 saturated carbocycles. The fourth-order valence-electron chi connectivity index (χ4n) is 1.98. The van der Waals surface area contributed by atoms with Crippen LogP contribution in [0, 0.1) is 0 Å². The molecule has 21 heavy (non-hydrogen) atoms. The third-order valence-corrected chi connectivity index (χ3v) is 4.71. The van der Waals surface area contributed by atoms with E-state index in [0.717, 1.165) is 20.8 Å². The lowest BCUT2D eigenvalue weighted by Gasteiger charge is -2.17. The average Bonchev–Trinajstić information content (AvgIpc) is 2.81. The number of carboxylic acid groups (broad SMARTS) is 1. The minimum atomic E-state index is -3.81. The van der Waals surface area contributed by atoms with Crippen LogP contribution in [0.5, 0.6) is 0 Å². The largest absolute Gasteiger partial charge is 0.480 e. The number of benzene rings is 1. The van der Waals surface area contributed by atoms with Gasteiger partial charge in [-0.3, -0.25) is 4.79 Å². The number of aromatic nitrogens is 1. The predicted molar refractivity (Wildman–Crippen MR) is 79.2 cm³/mol. The molecule has 3 N–H and O–H groups in total. The highest BCUT2D eigenvalue weighted by molar-refractivity contribution is 7.87. The average molecular weight is 311 g/mol.